The molecule has 0 spiro atoms. The summed E-state index contributed by atoms with van der Waals surface area (Å²) in [6.45, 7) is 1.06. The highest BCUT2D eigenvalue weighted by Crippen LogP contribution is 2.36. The minimum atomic E-state index is -0.797. The summed E-state index contributed by atoms with van der Waals surface area (Å²) in [5.74, 6) is 1.77. The van der Waals surface area contributed by atoms with E-state index in [1.54, 1.807) is 12.0 Å². The van der Waals surface area contributed by atoms with E-state index in [1.807, 2.05) is 18.2 Å². The Labute approximate surface area is 129 Å². The van der Waals surface area contributed by atoms with E-state index in [0.29, 0.717) is 35.2 Å². The average Bonchev–Trinajstić information content (AvgIpc) is 2.83. The van der Waals surface area contributed by atoms with Crippen LogP contribution in [0.5, 0.6) is 5.75 Å². The van der Waals surface area contributed by atoms with Crippen LogP contribution in [0.3, 0.4) is 0 Å². The lowest BCUT2D eigenvalue weighted by atomic mass is 10.2. The van der Waals surface area contributed by atoms with Gasteiger partial charge in [-0.3, -0.25) is 9.00 Å². The first-order valence-corrected chi connectivity index (χ1v) is 8.91. The molecule has 112 valence electrons. The van der Waals surface area contributed by atoms with Crippen LogP contribution in [0, 0.1) is 0 Å². The third kappa shape index (κ3) is 2.63. The second-order valence-electron chi connectivity index (χ2n) is 4.85. The SMILES string of the molecule is COc1ccc2c(N)c(C(=O)N3CCS(=O)CC3)sc2c1. The molecule has 1 saturated heterocycles. The predicted octanol–water partition coefficient (Wildman–Crippen LogP) is 1.70. The topological polar surface area (TPSA) is 72.6 Å². The average molecular weight is 324 g/mol. The number of rotatable bonds is 2. The summed E-state index contributed by atoms with van der Waals surface area (Å²) in [6.07, 6.45) is 0. The highest BCUT2D eigenvalue weighted by atomic mass is 32.2. The summed E-state index contributed by atoms with van der Waals surface area (Å²) in [4.78, 5) is 14.9. The maximum Gasteiger partial charge on any atom is 0.266 e. The maximum absolute atomic E-state index is 12.6. The minimum Gasteiger partial charge on any atom is -0.497 e. The molecule has 1 aromatic carbocycles. The first kappa shape index (κ1) is 14.3. The molecule has 2 N–H and O–H groups in total. The van der Waals surface area contributed by atoms with Crippen LogP contribution in [0.1, 0.15) is 9.67 Å². The Morgan fingerprint density at radius 2 is 2.10 bits per heavy atom. The van der Waals surface area contributed by atoms with E-state index >= 15 is 0 Å². The number of thiophene rings is 1. The summed E-state index contributed by atoms with van der Waals surface area (Å²) in [5.41, 5.74) is 6.65. The number of fused-ring (bicyclic) bond motifs is 1. The fourth-order valence-electron chi connectivity index (χ4n) is 2.37. The third-order valence-electron chi connectivity index (χ3n) is 3.59. The molecule has 7 heteroatoms. The van der Waals surface area contributed by atoms with Gasteiger partial charge < -0.3 is 15.4 Å². The molecule has 0 radical (unpaired) electrons. The lowest BCUT2D eigenvalue weighted by Gasteiger charge is -2.25. The van der Waals surface area contributed by atoms with Crippen molar-refractivity contribution in [2.75, 3.05) is 37.4 Å². The molecule has 1 aliphatic rings. The van der Waals surface area contributed by atoms with Crippen molar-refractivity contribution in [1.82, 2.24) is 4.90 Å². The number of benzene rings is 1. The van der Waals surface area contributed by atoms with E-state index < -0.39 is 10.8 Å². The normalized spacial score (nSPS) is 16.3. The molecule has 0 bridgehead atoms. The number of nitrogens with two attached hydrogens (primary N) is 1. The van der Waals surface area contributed by atoms with Crippen molar-refractivity contribution < 1.29 is 13.7 Å². The Kier molecular flexibility index (Phi) is 3.86. The van der Waals surface area contributed by atoms with Crippen molar-refractivity contribution >= 4 is 43.8 Å². The Morgan fingerprint density at radius 3 is 2.76 bits per heavy atom. The number of ether oxygens (including phenoxy) is 1. The van der Waals surface area contributed by atoms with Crippen LogP contribution in [0.4, 0.5) is 5.69 Å². The number of carbonyl (C=O) groups excluding carboxylic acids is 1. The van der Waals surface area contributed by atoms with Gasteiger partial charge >= 0.3 is 0 Å². The monoisotopic (exact) mass is 324 g/mol. The van der Waals surface area contributed by atoms with Gasteiger partial charge in [0.05, 0.1) is 12.8 Å². The number of amides is 1. The van der Waals surface area contributed by atoms with Crippen molar-refractivity contribution in [3.8, 4) is 5.75 Å². The van der Waals surface area contributed by atoms with E-state index in [9.17, 15) is 9.00 Å². The van der Waals surface area contributed by atoms with E-state index in [1.165, 1.54) is 11.3 Å². The van der Waals surface area contributed by atoms with Gasteiger partial charge in [0, 0.05) is 45.5 Å². The Balaban J connectivity index is 1.94. The lowest BCUT2D eigenvalue weighted by Crippen LogP contribution is -2.41. The molecule has 1 aliphatic heterocycles. The lowest BCUT2D eigenvalue weighted by molar-refractivity contribution is 0.0777. The maximum atomic E-state index is 12.6. The minimum absolute atomic E-state index is 0.0654. The second-order valence-corrected chi connectivity index (χ2v) is 7.60. The van der Waals surface area contributed by atoms with Gasteiger partial charge in [-0.1, -0.05) is 0 Å². The molecule has 0 unspecified atom stereocenters. The van der Waals surface area contributed by atoms with Gasteiger partial charge in [0.1, 0.15) is 10.6 Å². The second kappa shape index (κ2) is 5.65. The molecule has 2 aromatic rings. The fourth-order valence-corrected chi connectivity index (χ4v) is 4.54. The number of carbonyl (C=O) groups is 1. The zero-order valence-electron chi connectivity index (χ0n) is 11.6. The van der Waals surface area contributed by atoms with Gasteiger partial charge in [-0.05, 0) is 18.2 Å². The fraction of sp³-hybridized carbons (Fsp3) is 0.357. The first-order valence-electron chi connectivity index (χ1n) is 6.60. The number of nitrogens with zero attached hydrogens (tertiary/aromatic N) is 1. The molecule has 0 atom stereocenters. The quantitative estimate of drug-likeness (QED) is 0.912. The van der Waals surface area contributed by atoms with Crippen LogP contribution in [-0.4, -0.2) is 46.7 Å². The summed E-state index contributed by atoms with van der Waals surface area (Å²) in [7, 11) is 0.813. The Hall–Kier alpha value is -1.60. The van der Waals surface area contributed by atoms with Gasteiger partial charge in [0.25, 0.3) is 5.91 Å². The van der Waals surface area contributed by atoms with E-state index in [-0.39, 0.29) is 5.91 Å². The molecule has 21 heavy (non-hydrogen) atoms. The van der Waals surface area contributed by atoms with Gasteiger partial charge in [0.2, 0.25) is 0 Å². The van der Waals surface area contributed by atoms with E-state index in [2.05, 4.69) is 0 Å². The van der Waals surface area contributed by atoms with Gasteiger partial charge in [-0.2, -0.15) is 0 Å². The zero-order valence-corrected chi connectivity index (χ0v) is 13.3. The highest BCUT2D eigenvalue weighted by Gasteiger charge is 2.25. The molecule has 0 aliphatic carbocycles. The van der Waals surface area contributed by atoms with Crippen molar-refractivity contribution in [2.45, 2.75) is 0 Å². The number of methoxy groups -OCH3 is 1. The third-order valence-corrected chi connectivity index (χ3v) is 6.03. The van der Waals surface area contributed by atoms with Crippen LogP contribution in [0.25, 0.3) is 10.1 Å². The molecule has 1 fully saturated rings. The summed E-state index contributed by atoms with van der Waals surface area (Å²) in [6, 6.07) is 5.60. The first-order chi connectivity index (χ1) is 10.1. The molecule has 0 saturated carbocycles. The summed E-state index contributed by atoms with van der Waals surface area (Å²) in [5, 5.41) is 0.879. The molecular weight excluding hydrogens is 308 g/mol. The molecule has 5 nitrogen and oxygen atoms in total. The largest absolute Gasteiger partial charge is 0.497 e. The summed E-state index contributed by atoms with van der Waals surface area (Å²) >= 11 is 1.38. The number of anilines is 1. The standard InChI is InChI=1S/C14H16N2O3S2/c1-19-9-2-3-10-11(8-9)20-13(12(10)15)14(17)16-4-6-21(18)7-5-16/h2-3,8H,4-7,15H2,1H3. The molecular formula is C14H16N2O3S2. The van der Waals surface area contributed by atoms with E-state index in [0.717, 1.165) is 15.8 Å². The Bertz CT molecular complexity index is 716. The van der Waals surface area contributed by atoms with E-state index in [4.69, 9.17) is 10.5 Å². The molecule has 1 aromatic heterocycles. The number of nitrogen functional groups attached to an aromatic ring is 1. The van der Waals surface area contributed by atoms with Gasteiger partial charge in [0.15, 0.2) is 0 Å². The van der Waals surface area contributed by atoms with Crippen molar-refractivity contribution in [2.24, 2.45) is 0 Å². The van der Waals surface area contributed by atoms with Crippen LogP contribution >= 0.6 is 11.3 Å². The van der Waals surface area contributed by atoms with Crippen molar-refractivity contribution in [1.29, 1.82) is 0 Å². The van der Waals surface area contributed by atoms with Crippen LogP contribution in [-0.2, 0) is 10.8 Å². The molecule has 1 amide bonds. The molecule has 3 rings (SSSR count). The van der Waals surface area contributed by atoms with Crippen LogP contribution in [0.2, 0.25) is 0 Å². The van der Waals surface area contributed by atoms with Gasteiger partial charge in [-0.15, -0.1) is 11.3 Å². The number of hydrogen-bond acceptors (Lipinski definition) is 5. The Morgan fingerprint density at radius 1 is 1.38 bits per heavy atom. The van der Waals surface area contributed by atoms with Crippen LogP contribution < -0.4 is 10.5 Å². The van der Waals surface area contributed by atoms with Gasteiger partial charge in [-0.25, -0.2) is 0 Å². The van der Waals surface area contributed by atoms with Crippen molar-refractivity contribution in [3.63, 3.8) is 0 Å². The van der Waals surface area contributed by atoms with Crippen molar-refractivity contribution in [3.05, 3.63) is 23.1 Å². The number of hydrogen-bond donors (Lipinski definition) is 1. The predicted molar refractivity (Wildman–Crippen MR) is 86.6 cm³/mol. The van der Waals surface area contributed by atoms with Crippen LogP contribution in [0.15, 0.2) is 18.2 Å². The smallest absolute Gasteiger partial charge is 0.266 e. The highest BCUT2D eigenvalue weighted by molar-refractivity contribution is 7.85. The molecule has 2 heterocycles. The zero-order chi connectivity index (χ0) is 15.0. The summed E-state index contributed by atoms with van der Waals surface area (Å²) < 4.78 is 17.5.